The standard InChI is InChI=1S/C18H26N2O2/c1-13(2)17-7-5-4-6-16(17)12-19-18(22)15-8-10-20(11-9-15)14(3)21/h4-7,13,15H,8-12H2,1-3H3,(H,19,22). The third-order valence-electron chi connectivity index (χ3n) is 4.44. The van der Waals surface area contributed by atoms with E-state index in [1.54, 1.807) is 6.92 Å². The molecular weight excluding hydrogens is 276 g/mol. The number of hydrogen-bond acceptors (Lipinski definition) is 2. The fraction of sp³-hybridized carbons (Fsp3) is 0.556. The molecule has 22 heavy (non-hydrogen) atoms. The van der Waals surface area contributed by atoms with E-state index >= 15 is 0 Å². The highest BCUT2D eigenvalue weighted by Crippen LogP contribution is 2.20. The van der Waals surface area contributed by atoms with Crippen molar-refractivity contribution in [1.29, 1.82) is 0 Å². The molecule has 1 N–H and O–H groups in total. The van der Waals surface area contributed by atoms with Crippen molar-refractivity contribution in [1.82, 2.24) is 10.2 Å². The van der Waals surface area contributed by atoms with Crippen LogP contribution in [0.25, 0.3) is 0 Å². The van der Waals surface area contributed by atoms with E-state index in [0.717, 1.165) is 12.8 Å². The van der Waals surface area contributed by atoms with Gasteiger partial charge in [-0.3, -0.25) is 9.59 Å². The van der Waals surface area contributed by atoms with Gasteiger partial charge >= 0.3 is 0 Å². The van der Waals surface area contributed by atoms with Gasteiger partial charge in [0.1, 0.15) is 0 Å². The Hall–Kier alpha value is -1.84. The van der Waals surface area contributed by atoms with Crippen molar-refractivity contribution in [3.05, 3.63) is 35.4 Å². The predicted molar refractivity (Wildman–Crippen MR) is 87.4 cm³/mol. The number of nitrogens with zero attached hydrogens (tertiary/aromatic N) is 1. The molecule has 0 aliphatic carbocycles. The zero-order valence-electron chi connectivity index (χ0n) is 13.8. The van der Waals surface area contributed by atoms with E-state index in [1.807, 2.05) is 17.0 Å². The summed E-state index contributed by atoms with van der Waals surface area (Å²) in [5.41, 5.74) is 2.47. The summed E-state index contributed by atoms with van der Waals surface area (Å²) in [6.07, 6.45) is 1.52. The largest absolute Gasteiger partial charge is 0.352 e. The third kappa shape index (κ3) is 4.09. The number of piperidine rings is 1. The van der Waals surface area contributed by atoms with E-state index in [9.17, 15) is 9.59 Å². The molecule has 2 rings (SSSR count). The van der Waals surface area contributed by atoms with E-state index in [2.05, 4.69) is 31.3 Å². The molecule has 0 atom stereocenters. The maximum atomic E-state index is 12.3. The Morgan fingerprint density at radius 1 is 1.23 bits per heavy atom. The van der Waals surface area contributed by atoms with Crippen LogP contribution in [-0.2, 0) is 16.1 Å². The Morgan fingerprint density at radius 3 is 2.45 bits per heavy atom. The van der Waals surface area contributed by atoms with Crippen molar-refractivity contribution in [3.63, 3.8) is 0 Å². The molecule has 4 nitrogen and oxygen atoms in total. The molecule has 1 aliphatic heterocycles. The average molecular weight is 302 g/mol. The van der Waals surface area contributed by atoms with Crippen molar-refractivity contribution in [3.8, 4) is 0 Å². The normalized spacial score (nSPS) is 15.9. The highest BCUT2D eigenvalue weighted by Gasteiger charge is 2.25. The van der Waals surface area contributed by atoms with Crippen LogP contribution in [0, 0.1) is 5.92 Å². The van der Waals surface area contributed by atoms with Gasteiger partial charge in [0, 0.05) is 32.5 Å². The quantitative estimate of drug-likeness (QED) is 0.929. The predicted octanol–water partition coefficient (Wildman–Crippen LogP) is 2.68. The summed E-state index contributed by atoms with van der Waals surface area (Å²) in [6, 6.07) is 8.25. The Balaban J connectivity index is 1.88. The van der Waals surface area contributed by atoms with Crippen LogP contribution in [0.4, 0.5) is 0 Å². The van der Waals surface area contributed by atoms with Gasteiger partial charge in [0.2, 0.25) is 11.8 Å². The molecule has 0 spiro atoms. The lowest BCUT2D eigenvalue weighted by molar-refractivity contribution is -0.134. The summed E-state index contributed by atoms with van der Waals surface area (Å²) in [6.45, 7) is 7.88. The van der Waals surface area contributed by atoms with Crippen LogP contribution in [0.3, 0.4) is 0 Å². The molecule has 0 unspecified atom stereocenters. The Morgan fingerprint density at radius 2 is 1.86 bits per heavy atom. The number of likely N-dealkylation sites (tertiary alicyclic amines) is 1. The maximum Gasteiger partial charge on any atom is 0.223 e. The zero-order valence-corrected chi connectivity index (χ0v) is 13.8. The third-order valence-corrected chi connectivity index (χ3v) is 4.44. The number of amides is 2. The monoisotopic (exact) mass is 302 g/mol. The van der Waals surface area contributed by atoms with Gasteiger partial charge in [-0.25, -0.2) is 0 Å². The molecule has 0 bridgehead atoms. The summed E-state index contributed by atoms with van der Waals surface area (Å²) in [5.74, 6) is 0.695. The van der Waals surface area contributed by atoms with Gasteiger partial charge in [0.05, 0.1) is 0 Å². The minimum absolute atomic E-state index is 0.0295. The molecular formula is C18H26N2O2. The smallest absolute Gasteiger partial charge is 0.223 e. The first-order valence-electron chi connectivity index (χ1n) is 8.10. The molecule has 4 heteroatoms. The Kier molecular flexibility index (Phi) is 5.58. The molecule has 0 radical (unpaired) electrons. The molecule has 2 amide bonds. The SMILES string of the molecule is CC(=O)N1CCC(C(=O)NCc2ccccc2C(C)C)CC1. The topological polar surface area (TPSA) is 49.4 Å². The summed E-state index contributed by atoms with van der Waals surface area (Å²) < 4.78 is 0. The first-order chi connectivity index (χ1) is 10.5. The van der Waals surface area contributed by atoms with Crippen LogP contribution in [0.5, 0.6) is 0 Å². The van der Waals surface area contributed by atoms with Crippen molar-refractivity contribution < 1.29 is 9.59 Å². The van der Waals surface area contributed by atoms with Crippen molar-refractivity contribution in [2.45, 2.75) is 46.1 Å². The second-order valence-corrected chi connectivity index (χ2v) is 6.35. The molecule has 1 saturated heterocycles. The Labute approximate surface area is 132 Å². The summed E-state index contributed by atoms with van der Waals surface area (Å²) in [4.78, 5) is 25.4. The van der Waals surface area contributed by atoms with Gasteiger partial charge < -0.3 is 10.2 Å². The van der Waals surface area contributed by atoms with E-state index in [4.69, 9.17) is 0 Å². The fourth-order valence-corrected chi connectivity index (χ4v) is 3.04. The minimum Gasteiger partial charge on any atom is -0.352 e. The lowest BCUT2D eigenvalue weighted by Gasteiger charge is -2.30. The molecule has 1 aromatic carbocycles. The van der Waals surface area contributed by atoms with Crippen molar-refractivity contribution in [2.24, 2.45) is 5.92 Å². The van der Waals surface area contributed by atoms with E-state index < -0.39 is 0 Å². The lowest BCUT2D eigenvalue weighted by Crippen LogP contribution is -2.42. The molecule has 1 fully saturated rings. The highest BCUT2D eigenvalue weighted by molar-refractivity contribution is 5.79. The van der Waals surface area contributed by atoms with Gasteiger partial charge in [-0.2, -0.15) is 0 Å². The van der Waals surface area contributed by atoms with Crippen molar-refractivity contribution >= 4 is 11.8 Å². The van der Waals surface area contributed by atoms with Crippen LogP contribution in [0.15, 0.2) is 24.3 Å². The fourth-order valence-electron chi connectivity index (χ4n) is 3.04. The number of rotatable bonds is 4. The lowest BCUT2D eigenvalue weighted by atomic mass is 9.95. The van der Waals surface area contributed by atoms with Crippen LogP contribution >= 0.6 is 0 Å². The number of carbonyl (C=O) groups is 2. The maximum absolute atomic E-state index is 12.3. The number of benzene rings is 1. The number of hydrogen-bond donors (Lipinski definition) is 1. The molecule has 0 saturated carbocycles. The first kappa shape index (κ1) is 16.5. The van der Waals surface area contributed by atoms with Gasteiger partial charge in [0.25, 0.3) is 0 Å². The first-order valence-corrected chi connectivity index (χ1v) is 8.10. The summed E-state index contributed by atoms with van der Waals surface area (Å²) in [5, 5.41) is 3.07. The van der Waals surface area contributed by atoms with Gasteiger partial charge in [0.15, 0.2) is 0 Å². The van der Waals surface area contributed by atoms with Crippen molar-refractivity contribution in [2.75, 3.05) is 13.1 Å². The number of carbonyl (C=O) groups excluding carboxylic acids is 2. The van der Waals surface area contributed by atoms with E-state index in [0.29, 0.717) is 25.6 Å². The zero-order chi connectivity index (χ0) is 16.1. The van der Waals surface area contributed by atoms with E-state index in [1.165, 1.54) is 11.1 Å². The minimum atomic E-state index is 0.0295. The average Bonchev–Trinajstić information content (AvgIpc) is 2.52. The van der Waals surface area contributed by atoms with Crippen LogP contribution in [0.2, 0.25) is 0 Å². The van der Waals surface area contributed by atoms with Crippen LogP contribution in [-0.4, -0.2) is 29.8 Å². The molecule has 1 heterocycles. The summed E-state index contributed by atoms with van der Waals surface area (Å²) >= 11 is 0. The van der Waals surface area contributed by atoms with E-state index in [-0.39, 0.29) is 17.7 Å². The highest BCUT2D eigenvalue weighted by atomic mass is 16.2. The van der Waals surface area contributed by atoms with Gasteiger partial charge in [-0.15, -0.1) is 0 Å². The molecule has 0 aromatic heterocycles. The Bertz CT molecular complexity index is 532. The molecule has 1 aromatic rings. The number of nitrogens with one attached hydrogen (secondary N) is 1. The van der Waals surface area contributed by atoms with Crippen LogP contribution < -0.4 is 5.32 Å². The molecule has 120 valence electrons. The molecule has 1 aliphatic rings. The van der Waals surface area contributed by atoms with Gasteiger partial charge in [-0.1, -0.05) is 38.1 Å². The second-order valence-electron chi connectivity index (χ2n) is 6.35. The second kappa shape index (κ2) is 7.43. The summed E-state index contributed by atoms with van der Waals surface area (Å²) in [7, 11) is 0. The van der Waals surface area contributed by atoms with Crippen LogP contribution in [0.1, 0.15) is 50.7 Å². The van der Waals surface area contributed by atoms with Gasteiger partial charge in [-0.05, 0) is 29.9 Å².